The maximum absolute atomic E-state index is 13.7. The number of aromatic nitrogens is 4. The summed E-state index contributed by atoms with van der Waals surface area (Å²) < 4.78 is 32.5. The molecule has 35 heavy (non-hydrogen) atoms. The fourth-order valence-corrected chi connectivity index (χ4v) is 5.04. The van der Waals surface area contributed by atoms with Gasteiger partial charge in [0.05, 0.1) is 31.7 Å². The summed E-state index contributed by atoms with van der Waals surface area (Å²) in [7, 11) is -3.60. The molecule has 0 amide bonds. The van der Waals surface area contributed by atoms with Gasteiger partial charge in [-0.2, -0.15) is 0 Å². The summed E-state index contributed by atoms with van der Waals surface area (Å²) in [6, 6.07) is 6.80. The Labute approximate surface area is 204 Å². The Morgan fingerprint density at radius 1 is 1.17 bits per heavy atom. The van der Waals surface area contributed by atoms with Crippen molar-refractivity contribution in [2.75, 3.05) is 12.1 Å². The first kappa shape index (κ1) is 26.7. The van der Waals surface area contributed by atoms with Crippen LogP contribution in [0.25, 0.3) is 11.2 Å². The van der Waals surface area contributed by atoms with Crippen molar-refractivity contribution in [1.29, 1.82) is 0 Å². The number of aryl methyl sites for hydroxylation is 1. The first-order chi connectivity index (χ1) is 16.6. The Morgan fingerprint density at radius 3 is 2.63 bits per heavy atom. The van der Waals surface area contributed by atoms with Crippen molar-refractivity contribution >= 4 is 30.5 Å². The predicted molar refractivity (Wildman–Crippen MR) is 133 cm³/mol. The van der Waals surface area contributed by atoms with E-state index in [0.29, 0.717) is 23.5 Å². The molecule has 0 aliphatic heterocycles. The van der Waals surface area contributed by atoms with Crippen LogP contribution in [0.3, 0.4) is 0 Å². The first-order valence-electron chi connectivity index (χ1n) is 11.4. The molecular weight excluding hydrogens is 471 g/mol. The monoisotopic (exact) mass is 504 g/mol. The molecule has 1 aromatic carbocycles. The summed E-state index contributed by atoms with van der Waals surface area (Å²) in [6.45, 7) is 9.35. The van der Waals surface area contributed by atoms with Crippen molar-refractivity contribution in [2.45, 2.75) is 66.0 Å². The molecule has 3 rings (SSSR count). The molecule has 3 unspecified atom stereocenters. The number of ether oxygens (including phenoxy) is 2. The molecule has 0 fully saturated rings. The molecule has 12 heteroatoms. The number of carbonyl (C=O) groups excluding carboxylic acids is 1. The van der Waals surface area contributed by atoms with Crippen LogP contribution in [-0.2, 0) is 36.5 Å². The number of rotatable bonds is 12. The Bertz CT molecular complexity index is 1200. The fourth-order valence-electron chi connectivity index (χ4n) is 3.33. The number of esters is 1. The molecule has 0 spiro atoms. The summed E-state index contributed by atoms with van der Waals surface area (Å²) >= 11 is 0. The van der Waals surface area contributed by atoms with Gasteiger partial charge in [0.2, 0.25) is 0 Å². The summed E-state index contributed by atoms with van der Waals surface area (Å²) in [5.74, 6) is -0.224. The van der Waals surface area contributed by atoms with Gasteiger partial charge in [0, 0.05) is 0 Å². The zero-order valence-corrected chi connectivity index (χ0v) is 21.6. The van der Waals surface area contributed by atoms with E-state index in [0.717, 1.165) is 11.1 Å². The third kappa shape index (κ3) is 7.32. The second-order valence-corrected chi connectivity index (χ2v) is 10.8. The van der Waals surface area contributed by atoms with E-state index in [1.165, 1.54) is 6.33 Å². The van der Waals surface area contributed by atoms with Crippen molar-refractivity contribution in [3.05, 3.63) is 48.0 Å². The number of anilines is 1. The number of fused-ring (bicyclic) bond motifs is 1. The molecular formula is C23H33N6O5P. The standard InChI is InChI=1S/C23H33N6O5P/c1-15(2)34-23(30)18(5)28-35(31,33-11-19-9-7-6-8-16(19)3)14-32-17(4)10-29-13-27-20-21(24)25-12-26-22(20)29/h6-9,12-13,15,17-18H,10-11,14H2,1-5H3,(H,28,31)(H2,24,25,26). The molecule has 3 aromatic rings. The molecule has 3 atom stereocenters. The van der Waals surface area contributed by atoms with Crippen molar-refractivity contribution in [1.82, 2.24) is 24.6 Å². The van der Waals surface area contributed by atoms with Crippen LogP contribution in [0, 0.1) is 6.92 Å². The molecule has 2 heterocycles. The molecule has 2 aromatic heterocycles. The van der Waals surface area contributed by atoms with Gasteiger partial charge in [-0.05, 0) is 45.7 Å². The van der Waals surface area contributed by atoms with E-state index >= 15 is 0 Å². The number of carbonyl (C=O) groups is 1. The van der Waals surface area contributed by atoms with Gasteiger partial charge in [-0.25, -0.2) is 20.0 Å². The van der Waals surface area contributed by atoms with Crippen LogP contribution in [-0.4, -0.2) is 50.1 Å². The van der Waals surface area contributed by atoms with Crippen LogP contribution >= 0.6 is 7.52 Å². The van der Waals surface area contributed by atoms with Crippen molar-refractivity contribution in [2.24, 2.45) is 0 Å². The van der Waals surface area contributed by atoms with Gasteiger partial charge >= 0.3 is 5.97 Å². The van der Waals surface area contributed by atoms with Crippen LogP contribution in [0.2, 0.25) is 0 Å². The van der Waals surface area contributed by atoms with E-state index < -0.39 is 19.5 Å². The second kappa shape index (κ2) is 11.7. The predicted octanol–water partition coefficient (Wildman–Crippen LogP) is 3.42. The van der Waals surface area contributed by atoms with Crippen molar-refractivity contribution < 1.29 is 23.4 Å². The average Bonchev–Trinajstić information content (AvgIpc) is 3.21. The molecule has 0 aliphatic carbocycles. The minimum atomic E-state index is -3.60. The quantitative estimate of drug-likeness (QED) is 0.278. The lowest BCUT2D eigenvalue weighted by atomic mass is 10.1. The lowest BCUT2D eigenvalue weighted by molar-refractivity contribution is -0.149. The van der Waals surface area contributed by atoms with Crippen LogP contribution in [0.1, 0.15) is 38.8 Å². The molecule has 0 bridgehead atoms. The summed E-state index contributed by atoms with van der Waals surface area (Å²) in [6.07, 6.45) is 2.06. The number of nitrogens with one attached hydrogen (secondary N) is 1. The molecule has 0 saturated heterocycles. The molecule has 3 N–H and O–H groups in total. The topological polar surface area (TPSA) is 143 Å². The Morgan fingerprint density at radius 2 is 1.91 bits per heavy atom. The number of nitrogens with two attached hydrogens (primary N) is 1. The van der Waals surface area contributed by atoms with E-state index in [9.17, 15) is 9.36 Å². The fraction of sp³-hybridized carbons (Fsp3) is 0.478. The van der Waals surface area contributed by atoms with Crippen molar-refractivity contribution in [3.63, 3.8) is 0 Å². The minimum absolute atomic E-state index is 0.100. The molecule has 0 aliphatic rings. The lowest BCUT2D eigenvalue weighted by Crippen LogP contribution is -2.36. The molecule has 0 saturated carbocycles. The van der Waals surface area contributed by atoms with Crippen LogP contribution in [0.15, 0.2) is 36.9 Å². The third-order valence-electron chi connectivity index (χ3n) is 5.20. The van der Waals surface area contributed by atoms with Gasteiger partial charge in [-0.1, -0.05) is 24.3 Å². The average molecular weight is 505 g/mol. The van der Waals surface area contributed by atoms with E-state index in [4.69, 9.17) is 19.7 Å². The molecule has 190 valence electrons. The van der Waals surface area contributed by atoms with Crippen LogP contribution in [0.5, 0.6) is 0 Å². The van der Waals surface area contributed by atoms with Gasteiger partial charge in [0.15, 0.2) is 11.5 Å². The third-order valence-corrected chi connectivity index (χ3v) is 7.01. The van der Waals surface area contributed by atoms with E-state index in [2.05, 4.69) is 20.0 Å². The van der Waals surface area contributed by atoms with Gasteiger partial charge in [-0.15, -0.1) is 0 Å². The lowest BCUT2D eigenvalue weighted by Gasteiger charge is -2.25. The van der Waals surface area contributed by atoms with Gasteiger partial charge in [0.1, 0.15) is 24.2 Å². The zero-order chi connectivity index (χ0) is 25.6. The smallest absolute Gasteiger partial charge is 0.323 e. The maximum atomic E-state index is 13.7. The molecule has 11 nitrogen and oxygen atoms in total. The normalized spacial score (nSPS) is 15.1. The number of hydrogen-bond acceptors (Lipinski definition) is 9. The first-order valence-corrected chi connectivity index (χ1v) is 13.2. The Balaban J connectivity index is 1.69. The number of nitrogens with zero attached hydrogens (tertiary/aromatic N) is 4. The number of benzene rings is 1. The Kier molecular flexibility index (Phi) is 8.96. The highest BCUT2D eigenvalue weighted by Gasteiger charge is 2.31. The van der Waals surface area contributed by atoms with Gasteiger partial charge < -0.3 is 24.3 Å². The number of hydrogen-bond donors (Lipinski definition) is 2. The second-order valence-electron chi connectivity index (χ2n) is 8.64. The largest absolute Gasteiger partial charge is 0.462 e. The number of nitrogen functional groups attached to an aromatic ring is 1. The van der Waals surface area contributed by atoms with E-state index in [1.54, 1.807) is 31.7 Å². The minimum Gasteiger partial charge on any atom is -0.462 e. The summed E-state index contributed by atoms with van der Waals surface area (Å²) in [5, 5.41) is 2.82. The van der Waals surface area contributed by atoms with Crippen LogP contribution < -0.4 is 10.8 Å². The van der Waals surface area contributed by atoms with Crippen LogP contribution in [0.4, 0.5) is 5.82 Å². The zero-order valence-electron chi connectivity index (χ0n) is 20.7. The SMILES string of the molecule is Cc1ccccc1COP(=O)(COC(C)Cn1cnc2c(N)ncnc21)NC(C)C(=O)OC(C)C. The number of imidazole rings is 1. The Hall–Kier alpha value is -2.85. The summed E-state index contributed by atoms with van der Waals surface area (Å²) in [5.41, 5.74) is 8.83. The maximum Gasteiger partial charge on any atom is 0.323 e. The van der Waals surface area contributed by atoms with E-state index in [-0.39, 0.29) is 25.2 Å². The van der Waals surface area contributed by atoms with Crippen molar-refractivity contribution in [3.8, 4) is 0 Å². The highest BCUT2D eigenvalue weighted by atomic mass is 31.2. The highest BCUT2D eigenvalue weighted by molar-refractivity contribution is 7.56. The van der Waals surface area contributed by atoms with Gasteiger partial charge in [0.25, 0.3) is 7.52 Å². The highest BCUT2D eigenvalue weighted by Crippen LogP contribution is 2.44. The summed E-state index contributed by atoms with van der Waals surface area (Å²) in [4.78, 5) is 24.7. The van der Waals surface area contributed by atoms with E-state index in [1.807, 2.05) is 38.1 Å². The van der Waals surface area contributed by atoms with Gasteiger partial charge in [-0.3, -0.25) is 9.36 Å². The molecule has 0 radical (unpaired) electrons.